The predicted octanol–water partition coefficient (Wildman–Crippen LogP) is 4.56. The SMILES string of the molecule is C#CC[C@H](NC(=O)CCC(=O)N(C)CCN1CCOCC1)C(=O)NCC(O)CCC(C)C.CC1CCCCC1.Cc1ccccc1. The summed E-state index contributed by atoms with van der Waals surface area (Å²) < 4.78 is 5.31. The van der Waals surface area contributed by atoms with Gasteiger partial charge in [0.25, 0.3) is 0 Å². The van der Waals surface area contributed by atoms with Crippen LogP contribution in [0.3, 0.4) is 0 Å². The van der Waals surface area contributed by atoms with Gasteiger partial charge in [0.1, 0.15) is 6.04 Å². The van der Waals surface area contributed by atoms with Crippen LogP contribution in [-0.2, 0) is 19.1 Å². The first-order chi connectivity index (χ1) is 22.0. The number of carbonyl (C=O) groups excluding carboxylic acids is 3. The van der Waals surface area contributed by atoms with Crippen molar-refractivity contribution in [1.82, 2.24) is 20.4 Å². The molecule has 0 radical (unpaired) electrons. The summed E-state index contributed by atoms with van der Waals surface area (Å²) in [5.74, 6) is 2.92. The van der Waals surface area contributed by atoms with Crippen molar-refractivity contribution in [1.29, 1.82) is 0 Å². The molecule has 1 aliphatic carbocycles. The van der Waals surface area contributed by atoms with E-state index in [1.54, 1.807) is 11.9 Å². The van der Waals surface area contributed by atoms with E-state index in [9.17, 15) is 19.5 Å². The van der Waals surface area contributed by atoms with Crippen molar-refractivity contribution in [3.63, 3.8) is 0 Å². The number of hydrogen-bond donors (Lipinski definition) is 3. The number of terminal acetylenes is 1. The molecule has 2 fully saturated rings. The zero-order valence-electron chi connectivity index (χ0n) is 29.3. The molecule has 260 valence electrons. The van der Waals surface area contributed by atoms with Crippen molar-refractivity contribution in [3.05, 3.63) is 35.9 Å². The maximum Gasteiger partial charge on any atom is 0.243 e. The van der Waals surface area contributed by atoms with Crippen LogP contribution in [0.5, 0.6) is 0 Å². The second kappa shape index (κ2) is 25.2. The topological polar surface area (TPSA) is 111 Å². The van der Waals surface area contributed by atoms with E-state index in [2.05, 4.69) is 61.3 Å². The highest BCUT2D eigenvalue weighted by Crippen LogP contribution is 2.22. The third-order valence-electron chi connectivity index (χ3n) is 8.24. The third kappa shape index (κ3) is 21.0. The first-order valence-electron chi connectivity index (χ1n) is 17.3. The third-order valence-corrected chi connectivity index (χ3v) is 8.24. The highest BCUT2D eigenvalue weighted by Gasteiger charge is 2.22. The number of likely N-dealkylation sites (N-methyl/N-ethyl adjacent to an activating group) is 1. The Labute approximate surface area is 279 Å². The summed E-state index contributed by atoms with van der Waals surface area (Å²) in [4.78, 5) is 40.8. The van der Waals surface area contributed by atoms with Gasteiger partial charge in [-0.25, -0.2) is 0 Å². The average molecular weight is 643 g/mol. The molecule has 1 saturated heterocycles. The molecule has 1 aromatic rings. The molecule has 1 saturated carbocycles. The van der Waals surface area contributed by atoms with Gasteiger partial charge >= 0.3 is 0 Å². The Hall–Kier alpha value is -2.93. The number of rotatable bonds is 14. The van der Waals surface area contributed by atoms with Crippen LogP contribution in [-0.4, -0.2) is 97.8 Å². The van der Waals surface area contributed by atoms with Gasteiger partial charge in [-0.3, -0.25) is 19.3 Å². The lowest BCUT2D eigenvalue weighted by atomic mass is 9.91. The smallest absolute Gasteiger partial charge is 0.243 e. The maximum absolute atomic E-state index is 12.4. The highest BCUT2D eigenvalue weighted by atomic mass is 16.5. The number of morpholine rings is 1. The van der Waals surface area contributed by atoms with Gasteiger partial charge in [-0.05, 0) is 31.6 Å². The minimum absolute atomic E-state index is 0.0217. The number of aliphatic hydroxyl groups is 1. The number of aryl methyl sites for hydroxylation is 1. The molecule has 46 heavy (non-hydrogen) atoms. The number of ether oxygens (including phenoxy) is 1. The summed E-state index contributed by atoms with van der Waals surface area (Å²) in [5.41, 5.74) is 1.32. The highest BCUT2D eigenvalue weighted by molar-refractivity contribution is 5.89. The molecule has 1 heterocycles. The second-order valence-corrected chi connectivity index (χ2v) is 13.1. The fourth-order valence-electron chi connectivity index (χ4n) is 5.06. The summed E-state index contributed by atoms with van der Waals surface area (Å²) in [6.07, 6.45) is 13.6. The quantitative estimate of drug-likeness (QED) is 0.257. The molecule has 0 bridgehead atoms. The lowest BCUT2D eigenvalue weighted by molar-refractivity contribution is -0.133. The monoisotopic (exact) mass is 642 g/mol. The lowest BCUT2D eigenvalue weighted by Crippen LogP contribution is -2.48. The first kappa shape index (κ1) is 41.1. The molecule has 9 heteroatoms. The summed E-state index contributed by atoms with van der Waals surface area (Å²) in [5, 5.41) is 15.2. The van der Waals surface area contributed by atoms with Gasteiger partial charge in [-0.2, -0.15) is 0 Å². The Bertz CT molecular complexity index is 1000. The van der Waals surface area contributed by atoms with Crippen molar-refractivity contribution < 1.29 is 24.2 Å². The molecule has 0 spiro atoms. The number of carbonyl (C=O) groups is 3. The molecule has 3 rings (SSSR count). The van der Waals surface area contributed by atoms with E-state index in [1.165, 1.54) is 37.7 Å². The molecule has 3 N–H and O–H groups in total. The zero-order valence-corrected chi connectivity index (χ0v) is 29.3. The van der Waals surface area contributed by atoms with Crippen LogP contribution in [0, 0.1) is 31.1 Å². The molecule has 0 aromatic heterocycles. The summed E-state index contributed by atoms with van der Waals surface area (Å²) >= 11 is 0. The minimum Gasteiger partial charge on any atom is -0.391 e. The van der Waals surface area contributed by atoms with Crippen LogP contribution in [0.2, 0.25) is 0 Å². The van der Waals surface area contributed by atoms with Crippen LogP contribution in [0.4, 0.5) is 0 Å². The standard InChI is InChI=1S/C23H40N4O5.C7H14.C7H8/c1-5-6-20(23(31)24-17-19(28)8-7-18(2)3)25-21(29)9-10-22(30)26(4)11-12-27-13-15-32-16-14-27;2*1-7-5-3-2-4-6-7/h1,18-20,28H,6-17H2,2-4H3,(H,24,31)(H,25,29);7H,2-6H2,1H3;2-6H,1H3/t19?,20-;;/m0../s1. The number of nitrogens with zero attached hydrogens (tertiary/aromatic N) is 2. The van der Waals surface area contributed by atoms with E-state index in [-0.39, 0.29) is 31.7 Å². The first-order valence-corrected chi connectivity index (χ1v) is 17.3. The van der Waals surface area contributed by atoms with Gasteiger partial charge in [-0.1, -0.05) is 88.8 Å². The molecule has 2 atom stereocenters. The van der Waals surface area contributed by atoms with E-state index in [0.717, 1.165) is 32.0 Å². The van der Waals surface area contributed by atoms with Crippen LogP contribution >= 0.6 is 0 Å². The summed E-state index contributed by atoms with van der Waals surface area (Å²) in [6, 6.07) is 9.37. The van der Waals surface area contributed by atoms with Crippen molar-refractivity contribution >= 4 is 17.7 Å². The molecule has 1 unspecified atom stereocenters. The Morgan fingerprint density at radius 1 is 1.07 bits per heavy atom. The maximum atomic E-state index is 12.4. The number of hydrogen-bond acceptors (Lipinski definition) is 6. The van der Waals surface area contributed by atoms with E-state index in [1.807, 2.05) is 18.2 Å². The zero-order chi connectivity index (χ0) is 34.2. The van der Waals surface area contributed by atoms with Crippen molar-refractivity contribution in [2.75, 3.05) is 53.0 Å². The van der Waals surface area contributed by atoms with Gasteiger partial charge in [-0.15, -0.1) is 12.3 Å². The second-order valence-electron chi connectivity index (χ2n) is 13.1. The molecule has 1 aliphatic heterocycles. The van der Waals surface area contributed by atoms with Gasteiger partial charge in [0.05, 0.1) is 19.3 Å². The van der Waals surface area contributed by atoms with Gasteiger partial charge < -0.3 is 25.4 Å². The Morgan fingerprint density at radius 2 is 1.72 bits per heavy atom. The fraction of sp³-hybridized carbons (Fsp3) is 0.703. The predicted molar refractivity (Wildman–Crippen MR) is 186 cm³/mol. The Kier molecular flexibility index (Phi) is 22.5. The Morgan fingerprint density at radius 3 is 2.24 bits per heavy atom. The summed E-state index contributed by atoms with van der Waals surface area (Å²) in [6.45, 7) is 13.2. The molecule has 3 amide bonds. The largest absolute Gasteiger partial charge is 0.391 e. The van der Waals surface area contributed by atoms with E-state index in [4.69, 9.17) is 11.2 Å². The van der Waals surface area contributed by atoms with E-state index < -0.39 is 24.0 Å². The van der Waals surface area contributed by atoms with Crippen molar-refractivity contribution in [2.45, 2.75) is 104 Å². The van der Waals surface area contributed by atoms with Gasteiger partial charge in [0.15, 0.2) is 0 Å². The average Bonchev–Trinajstić information content (AvgIpc) is 3.05. The Balaban J connectivity index is 0.000000608. The lowest BCUT2D eigenvalue weighted by Gasteiger charge is -2.28. The number of benzene rings is 1. The van der Waals surface area contributed by atoms with Gasteiger partial charge in [0, 0.05) is 59.0 Å². The van der Waals surface area contributed by atoms with Crippen LogP contribution in [0.25, 0.3) is 0 Å². The molecular weight excluding hydrogens is 580 g/mol. The number of nitrogens with one attached hydrogen (secondary N) is 2. The fourth-order valence-corrected chi connectivity index (χ4v) is 5.06. The minimum atomic E-state index is -0.890. The molecule has 9 nitrogen and oxygen atoms in total. The van der Waals surface area contributed by atoms with Crippen LogP contribution < -0.4 is 10.6 Å². The summed E-state index contributed by atoms with van der Waals surface area (Å²) in [7, 11) is 1.72. The normalized spacial score (nSPS) is 16.4. The molecular formula is C37H62N4O5. The van der Waals surface area contributed by atoms with Crippen LogP contribution in [0.1, 0.15) is 90.5 Å². The van der Waals surface area contributed by atoms with E-state index in [0.29, 0.717) is 32.1 Å². The van der Waals surface area contributed by atoms with Crippen LogP contribution in [0.15, 0.2) is 30.3 Å². The molecule has 2 aliphatic rings. The van der Waals surface area contributed by atoms with Crippen molar-refractivity contribution in [2.24, 2.45) is 11.8 Å². The number of aliphatic hydroxyl groups excluding tert-OH is 1. The number of amides is 3. The van der Waals surface area contributed by atoms with E-state index >= 15 is 0 Å². The van der Waals surface area contributed by atoms with Crippen molar-refractivity contribution in [3.8, 4) is 12.3 Å². The van der Waals surface area contributed by atoms with Gasteiger partial charge in [0.2, 0.25) is 17.7 Å². The molecule has 1 aromatic carbocycles.